The van der Waals surface area contributed by atoms with E-state index < -0.39 is 16.8 Å². The van der Waals surface area contributed by atoms with Gasteiger partial charge in [0.15, 0.2) is 0 Å². The third-order valence-electron chi connectivity index (χ3n) is 4.88. The van der Waals surface area contributed by atoms with E-state index in [1.807, 2.05) is 0 Å². The summed E-state index contributed by atoms with van der Waals surface area (Å²) in [5.74, 6) is 0.343. The van der Waals surface area contributed by atoms with Crippen LogP contribution in [0.25, 0.3) is 10.9 Å². The van der Waals surface area contributed by atoms with E-state index in [0.29, 0.717) is 27.9 Å². The van der Waals surface area contributed by atoms with Crippen LogP contribution in [0.1, 0.15) is 5.56 Å². The number of aromatic nitrogens is 1. The van der Waals surface area contributed by atoms with E-state index in [-0.39, 0.29) is 18.1 Å². The molecule has 0 bridgehead atoms. The minimum atomic E-state index is -0.762. The Morgan fingerprint density at radius 1 is 1.09 bits per heavy atom. The lowest BCUT2D eigenvalue weighted by Crippen LogP contribution is -2.18. The predicted molar refractivity (Wildman–Crippen MR) is 117 cm³/mol. The van der Waals surface area contributed by atoms with Crippen molar-refractivity contribution in [1.29, 1.82) is 0 Å². The first-order valence-corrected chi connectivity index (χ1v) is 9.58. The van der Waals surface area contributed by atoms with Crippen LogP contribution in [0.4, 0.5) is 20.6 Å². The molecule has 0 atom stereocenters. The van der Waals surface area contributed by atoms with E-state index in [2.05, 4.69) is 5.32 Å². The molecule has 1 aromatic heterocycles. The van der Waals surface area contributed by atoms with Gasteiger partial charge in [0.25, 0.3) is 5.69 Å². The lowest BCUT2D eigenvalue weighted by atomic mass is 10.2. The average molecular weight is 435 g/mol. The van der Waals surface area contributed by atoms with Crippen molar-refractivity contribution < 1.29 is 23.6 Å². The number of nitrogens with one attached hydrogen (secondary N) is 1. The van der Waals surface area contributed by atoms with Gasteiger partial charge in [-0.2, -0.15) is 0 Å². The Bertz CT molecular complexity index is 1300. The molecule has 0 aliphatic rings. The number of amides is 1. The van der Waals surface area contributed by atoms with Crippen LogP contribution in [0.3, 0.4) is 0 Å². The van der Waals surface area contributed by atoms with Crippen LogP contribution >= 0.6 is 0 Å². The fraction of sp³-hybridized carbons (Fsp3) is 0.0870. The van der Waals surface area contributed by atoms with Crippen molar-refractivity contribution in [3.8, 4) is 11.6 Å². The zero-order valence-electron chi connectivity index (χ0n) is 16.9. The number of hydrogen-bond donors (Lipinski definition) is 1. The minimum absolute atomic E-state index is 0.0686. The fourth-order valence-electron chi connectivity index (χ4n) is 3.30. The number of nitro groups is 1. The molecule has 4 aromatic rings. The van der Waals surface area contributed by atoms with Crippen molar-refractivity contribution >= 4 is 28.4 Å². The van der Waals surface area contributed by atoms with Crippen molar-refractivity contribution in [2.45, 2.75) is 6.54 Å². The number of rotatable bonds is 6. The Labute approximate surface area is 181 Å². The predicted octanol–water partition coefficient (Wildman–Crippen LogP) is 5.36. The maximum absolute atomic E-state index is 14.3. The standard InChI is InChI=1S/C23H18FN3O5/c1-31-19-9-6-17(7-10-19)25-23(28)32-22-13-16-12-18(27(29)30)8-11-21(16)26(22)14-15-4-2-3-5-20(15)24/h2-13H,14H2,1H3,(H,25,28). The maximum atomic E-state index is 14.3. The summed E-state index contributed by atoms with van der Waals surface area (Å²) in [7, 11) is 1.54. The van der Waals surface area contributed by atoms with Crippen LogP contribution in [0.2, 0.25) is 0 Å². The van der Waals surface area contributed by atoms with Gasteiger partial charge in [0.1, 0.15) is 11.6 Å². The Morgan fingerprint density at radius 3 is 2.53 bits per heavy atom. The second kappa shape index (κ2) is 8.76. The first-order valence-electron chi connectivity index (χ1n) is 9.58. The topological polar surface area (TPSA) is 95.6 Å². The van der Waals surface area contributed by atoms with E-state index in [0.717, 1.165) is 0 Å². The molecule has 0 radical (unpaired) electrons. The summed E-state index contributed by atoms with van der Waals surface area (Å²) in [6.07, 6.45) is -0.762. The Kier molecular flexibility index (Phi) is 5.71. The minimum Gasteiger partial charge on any atom is -0.497 e. The van der Waals surface area contributed by atoms with Crippen LogP contribution in [0, 0.1) is 15.9 Å². The number of carbonyl (C=O) groups is 1. The molecule has 0 spiro atoms. The second-order valence-electron chi connectivity index (χ2n) is 6.90. The zero-order valence-corrected chi connectivity index (χ0v) is 16.9. The normalized spacial score (nSPS) is 10.7. The Morgan fingerprint density at radius 2 is 1.84 bits per heavy atom. The third-order valence-corrected chi connectivity index (χ3v) is 4.88. The first-order chi connectivity index (χ1) is 15.4. The van der Waals surface area contributed by atoms with Crippen molar-refractivity contribution in [3.05, 3.63) is 94.3 Å². The van der Waals surface area contributed by atoms with Crippen molar-refractivity contribution in [2.24, 2.45) is 0 Å². The maximum Gasteiger partial charge on any atom is 0.418 e. The quantitative estimate of drug-likeness (QED) is 0.325. The van der Waals surface area contributed by atoms with E-state index in [4.69, 9.17) is 9.47 Å². The lowest BCUT2D eigenvalue weighted by molar-refractivity contribution is -0.384. The summed E-state index contributed by atoms with van der Waals surface area (Å²) in [6.45, 7) is 0.0686. The van der Waals surface area contributed by atoms with Crippen molar-refractivity contribution in [2.75, 3.05) is 12.4 Å². The first kappa shape index (κ1) is 20.9. The molecule has 162 valence electrons. The number of carbonyl (C=O) groups excluding carboxylic acids is 1. The van der Waals surface area contributed by atoms with Crippen LogP contribution in [0.15, 0.2) is 72.8 Å². The Hall–Kier alpha value is -4.40. The highest BCUT2D eigenvalue weighted by Crippen LogP contribution is 2.30. The molecule has 0 aliphatic carbocycles. The second-order valence-corrected chi connectivity index (χ2v) is 6.90. The van der Waals surface area contributed by atoms with E-state index in [1.165, 1.54) is 31.4 Å². The third kappa shape index (κ3) is 4.36. The summed E-state index contributed by atoms with van der Waals surface area (Å²) in [6, 6.07) is 18.7. The van der Waals surface area contributed by atoms with Crippen LogP contribution in [-0.2, 0) is 6.54 Å². The van der Waals surface area contributed by atoms with Gasteiger partial charge in [0.05, 0.1) is 24.1 Å². The number of nitrogens with zero attached hydrogens (tertiary/aromatic N) is 2. The Balaban J connectivity index is 1.67. The molecule has 9 heteroatoms. The van der Waals surface area contributed by atoms with Crippen LogP contribution in [0.5, 0.6) is 11.6 Å². The zero-order chi connectivity index (χ0) is 22.7. The molecule has 0 saturated carbocycles. The van der Waals surface area contributed by atoms with E-state index >= 15 is 0 Å². The molecule has 0 unspecified atom stereocenters. The number of fused-ring (bicyclic) bond motifs is 1. The number of methoxy groups -OCH3 is 1. The molecule has 1 N–H and O–H groups in total. The van der Waals surface area contributed by atoms with E-state index in [1.54, 1.807) is 53.1 Å². The summed E-state index contributed by atoms with van der Waals surface area (Å²) < 4.78 is 26.4. The van der Waals surface area contributed by atoms with Gasteiger partial charge >= 0.3 is 6.09 Å². The molecule has 32 heavy (non-hydrogen) atoms. The van der Waals surface area contributed by atoms with Gasteiger partial charge in [-0.25, -0.2) is 9.18 Å². The van der Waals surface area contributed by atoms with Crippen molar-refractivity contribution in [3.63, 3.8) is 0 Å². The highest BCUT2D eigenvalue weighted by atomic mass is 19.1. The number of anilines is 1. The van der Waals surface area contributed by atoms with Gasteiger partial charge in [-0.15, -0.1) is 0 Å². The number of non-ortho nitro benzene ring substituents is 1. The average Bonchev–Trinajstić information content (AvgIpc) is 3.11. The van der Waals surface area contributed by atoms with Crippen LogP contribution in [-0.4, -0.2) is 22.7 Å². The van der Waals surface area contributed by atoms with Gasteiger partial charge in [-0.3, -0.25) is 15.4 Å². The van der Waals surface area contributed by atoms with Gasteiger partial charge in [-0.05, 0) is 36.4 Å². The number of halogens is 1. The van der Waals surface area contributed by atoms with Gasteiger partial charge < -0.3 is 14.0 Å². The summed E-state index contributed by atoms with van der Waals surface area (Å²) >= 11 is 0. The fourth-order valence-corrected chi connectivity index (χ4v) is 3.30. The number of benzene rings is 3. The SMILES string of the molecule is COc1ccc(NC(=O)Oc2cc3cc([N+](=O)[O-])ccc3n2Cc2ccccc2F)cc1. The molecule has 0 aliphatic heterocycles. The molecule has 0 fully saturated rings. The number of ether oxygens (including phenoxy) is 2. The molecule has 3 aromatic carbocycles. The lowest BCUT2D eigenvalue weighted by Gasteiger charge is -2.12. The van der Waals surface area contributed by atoms with E-state index in [9.17, 15) is 19.3 Å². The summed E-state index contributed by atoms with van der Waals surface area (Å²) in [5.41, 5.74) is 1.33. The highest BCUT2D eigenvalue weighted by molar-refractivity contribution is 5.89. The summed E-state index contributed by atoms with van der Waals surface area (Å²) in [4.78, 5) is 23.1. The van der Waals surface area contributed by atoms with Crippen LogP contribution < -0.4 is 14.8 Å². The molecular formula is C23H18FN3O5. The van der Waals surface area contributed by atoms with Gasteiger partial charge in [-0.1, -0.05) is 18.2 Å². The number of hydrogen-bond acceptors (Lipinski definition) is 5. The molecule has 1 amide bonds. The molecular weight excluding hydrogens is 417 g/mol. The summed E-state index contributed by atoms with van der Waals surface area (Å²) in [5, 5.41) is 14.2. The molecule has 1 heterocycles. The van der Waals surface area contributed by atoms with Crippen molar-refractivity contribution in [1.82, 2.24) is 4.57 Å². The largest absolute Gasteiger partial charge is 0.497 e. The molecule has 0 saturated heterocycles. The highest BCUT2D eigenvalue weighted by Gasteiger charge is 2.18. The number of nitro benzene ring substituents is 1. The smallest absolute Gasteiger partial charge is 0.418 e. The monoisotopic (exact) mass is 435 g/mol. The molecule has 8 nitrogen and oxygen atoms in total. The van der Waals surface area contributed by atoms with Gasteiger partial charge in [0.2, 0.25) is 5.88 Å². The van der Waals surface area contributed by atoms with Gasteiger partial charge in [0, 0.05) is 34.8 Å². The molecule has 4 rings (SSSR count).